The Morgan fingerprint density at radius 3 is 2.60 bits per heavy atom. The summed E-state index contributed by atoms with van der Waals surface area (Å²) in [5, 5.41) is 5.74. The fraction of sp³-hybridized carbons (Fsp3) is 0.188. The van der Waals surface area contributed by atoms with E-state index in [1.54, 1.807) is 0 Å². The van der Waals surface area contributed by atoms with Crippen molar-refractivity contribution < 1.29 is 0 Å². The number of para-hydroxylation sites is 1. The molecule has 1 unspecified atom stereocenters. The minimum atomic E-state index is -0.0823. The van der Waals surface area contributed by atoms with Crippen LogP contribution in [0.25, 0.3) is 10.9 Å². The highest BCUT2D eigenvalue weighted by molar-refractivity contribution is 14.1. The average Bonchev–Trinajstić information content (AvgIpc) is 2.79. The van der Waals surface area contributed by atoms with Crippen LogP contribution < -0.4 is 5.73 Å². The van der Waals surface area contributed by atoms with Gasteiger partial charge in [-0.2, -0.15) is 5.10 Å². The number of hydrogen-bond acceptors (Lipinski definition) is 2. The molecule has 4 heteroatoms. The van der Waals surface area contributed by atoms with E-state index in [4.69, 9.17) is 5.73 Å². The summed E-state index contributed by atoms with van der Waals surface area (Å²) >= 11 is 2.31. The van der Waals surface area contributed by atoms with Crippen LogP contribution in [-0.4, -0.2) is 9.78 Å². The topological polar surface area (TPSA) is 43.8 Å². The van der Waals surface area contributed by atoms with Gasteiger partial charge in [0.15, 0.2) is 0 Å². The third kappa shape index (κ3) is 2.58. The normalized spacial score (nSPS) is 12.8. The molecule has 1 aromatic heterocycles. The van der Waals surface area contributed by atoms with E-state index in [1.807, 2.05) is 23.9 Å². The van der Waals surface area contributed by atoms with Crippen molar-refractivity contribution in [3.63, 3.8) is 0 Å². The van der Waals surface area contributed by atoms with Gasteiger partial charge in [0.2, 0.25) is 0 Å². The first-order chi connectivity index (χ1) is 9.65. The molecule has 0 saturated heterocycles. The number of nitrogens with two attached hydrogens (primary N) is 1. The maximum Gasteiger partial charge on any atom is 0.0873 e. The zero-order chi connectivity index (χ0) is 14.1. The van der Waals surface area contributed by atoms with Gasteiger partial charge in [-0.3, -0.25) is 4.68 Å². The first-order valence-electron chi connectivity index (χ1n) is 6.57. The Labute approximate surface area is 131 Å². The van der Waals surface area contributed by atoms with Crippen molar-refractivity contribution in [2.75, 3.05) is 0 Å². The van der Waals surface area contributed by atoms with Crippen molar-refractivity contribution in [1.82, 2.24) is 9.78 Å². The van der Waals surface area contributed by atoms with Gasteiger partial charge in [0.05, 0.1) is 17.3 Å². The Kier molecular flexibility index (Phi) is 3.76. The van der Waals surface area contributed by atoms with E-state index in [1.165, 1.54) is 9.13 Å². The molecule has 2 N–H and O–H groups in total. The number of benzene rings is 2. The molecule has 1 atom stereocenters. The number of aryl methyl sites for hydroxylation is 1. The predicted octanol–water partition coefficient (Wildman–Crippen LogP) is 3.42. The fourth-order valence-electron chi connectivity index (χ4n) is 2.49. The van der Waals surface area contributed by atoms with Crippen LogP contribution in [0.2, 0.25) is 0 Å². The van der Waals surface area contributed by atoms with E-state index >= 15 is 0 Å². The summed E-state index contributed by atoms with van der Waals surface area (Å²) in [6.07, 6.45) is 0.803. The summed E-state index contributed by atoms with van der Waals surface area (Å²) in [6, 6.07) is 16.6. The predicted molar refractivity (Wildman–Crippen MR) is 90.5 cm³/mol. The van der Waals surface area contributed by atoms with Gasteiger partial charge in [0.25, 0.3) is 0 Å². The smallest absolute Gasteiger partial charge is 0.0873 e. The van der Waals surface area contributed by atoms with Gasteiger partial charge < -0.3 is 5.73 Å². The molecule has 0 saturated carbocycles. The average molecular weight is 377 g/mol. The van der Waals surface area contributed by atoms with Crippen LogP contribution in [0.3, 0.4) is 0 Å². The molecule has 0 spiro atoms. The van der Waals surface area contributed by atoms with Crippen molar-refractivity contribution in [2.24, 2.45) is 12.8 Å². The van der Waals surface area contributed by atoms with Crippen molar-refractivity contribution in [3.05, 3.63) is 63.4 Å². The van der Waals surface area contributed by atoms with E-state index in [-0.39, 0.29) is 6.04 Å². The van der Waals surface area contributed by atoms with Crippen LogP contribution in [0.4, 0.5) is 0 Å². The third-order valence-corrected chi connectivity index (χ3v) is 4.23. The summed E-state index contributed by atoms with van der Waals surface area (Å²) in [5.41, 5.74) is 9.71. The standard InChI is InChI=1S/C16H16IN3/c1-20-15-5-3-2-4-13(15)16(19-20)14(18)10-11-6-8-12(17)9-7-11/h2-9,14H,10,18H2,1H3. The molecule has 2 aromatic carbocycles. The number of halogens is 1. The van der Waals surface area contributed by atoms with Gasteiger partial charge in [0, 0.05) is 16.0 Å². The summed E-state index contributed by atoms with van der Waals surface area (Å²) < 4.78 is 3.14. The largest absolute Gasteiger partial charge is 0.322 e. The lowest BCUT2D eigenvalue weighted by Crippen LogP contribution is -2.14. The maximum atomic E-state index is 6.37. The Morgan fingerprint density at radius 2 is 1.85 bits per heavy atom. The molecule has 102 valence electrons. The molecule has 0 amide bonds. The van der Waals surface area contributed by atoms with Gasteiger partial charge in [-0.15, -0.1) is 0 Å². The molecular weight excluding hydrogens is 361 g/mol. The molecular formula is C16H16IN3. The Bertz CT molecular complexity index is 731. The second-order valence-electron chi connectivity index (χ2n) is 4.96. The van der Waals surface area contributed by atoms with Crippen LogP contribution in [-0.2, 0) is 13.5 Å². The first kappa shape index (κ1) is 13.6. The van der Waals surface area contributed by atoms with Crippen LogP contribution in [0.1, 0.15) is 17.3 Å². The van der Waals surface area contributed by atoms with Gasteiger partial charge in [0.1, 0.15) is 0 Å². The molecule has 0 fully saturated rings. The lowest BCUT2D eigenvalue weighted by atomic mass is 10.0. The number of nitrogens with zero attached hydrogens (tertiary/aromatic N) is 2. The molecule has 0 radical (unpaired) electrons. The van der Waals surface area contributed by atoms with Gasteiger partial charge in [-0.05, 0) is 52.8 Å². The number of aromatic nitrogens is 2. The lowest BCUT2D eigenvalue weighted by molar-refractivity contribution is 0.665. The molecule has 0 aliphatic carbocycles. The zero-order valence-electron chi connectivity index (χ0n) is 11.3. The summed E-state index contributed by atoms with van der Waals surface area (Å²) in [6.45, 7) is 0. The van der Waals surface area contributed by atoms with Gasteiger partial charge in [-0.1, -0.05) is 30.3 Å². The summed E-state index contributed by atoms with van der Waals surface area (Å²) in [7, 11) is 1.96. The maximum absolute atomic E-state index is 6.37. The zero-order valence-corrected chi connectivity index (χ0v) is 13.4. The van der Waals surface area contributed by atoms with Crippen molar-refractivity contribution >= 4 is 33.5 Å². The summed E-state index contributed by atoms with van der Waals surface area (Å²) in [5.74, 6) is 0. The Morgan fingerprint density at radius 1 is 1.15 bits per heavy atom. The van der Waals surface area contributed by atoms with Crippen LogP contribution in [0.5, 0.6) is 0 Å². The number of rotatable bonds is 3. The van der Waals surface area contributed by atoms with Gasteiger partial charge >= 0.3 is 0 Å². The second-order valence-corrected chi connectivity index (χ2v) is 6.21. The SMILES string of the molecule is Cn1nc(C(N)Cc2ccc(I)cc2)c2ccccc21. The Hall–Kier alpha value is -1.40. The monoisotopic (exact) mass is 377 g/mol. The molecule has 3 nitrogen and oxygen atoms in total. The Balaban J connectivity index is 1.92. The number of fused-ring (bicyclic) bond motifs is 1. The van der Waals surface area contributed by atoms with Crippen LogP contribution >= 0.6 is 22.6 Å². The highest BCUT2D eigenvalue weighted by Gasteiger charge is 2.15. The lowest BCUT2D eigenvalue weighted by Gasteiger charge is -2.09. The highest BCUT2D eigenvalue weighted by atomic mass is 127. The quantitative estimate of drug-likeness (QED) is 0.711. The molecule has 0 aliphatic rings. The van der Waals surface area contributed by atoms with Crippen LogP contribution in [0, 0.1) is 3.57 Å². The van der Waals surface area contributed by atoms with Crippen LogP contribution in [0.15, 0.2) is 48.5 Å². The van der Waals surface area contributed by atoms with Crippen molar-refractivity contribution in [3.8, 4) is 0 Å². The summed E-state index contributed by atoms with van der Waals surface area (Å²) in [4.78, 5) is 0. The van der Waals surface area contributed by atoms with Crippen molar-refractivity contribution in [1.29, 1.82) is 0 Å². The van der Waals surface area contributed by atoms with Crippen molar-refractivity contribution in [2.45, 2.75) is 12.5 Å². The minimum absolute atomic E-state index is 0.0823. The highest BCUT2D eigenvalue weighted by Crippen LogP contribution is 2.24. The van der Waals surface area contributed by atoms with Gasteiger partial charge in [-0.25, -0.2) is 0 Å². The first-order valence-corrected chi connectivity index (χ1v) is 7.64. The van der Waals surface area contributed by atoms with E-state index in [0.717, 1.165) is 23.0 Å². The molecule has 0 bridgehead atoms. The molecule has 3 aromatic rings. The van der Waals surface area contributed by atoms with E-state index < -0.39 is 0 Å². The fourth-order valence-corrected chi connectivity index (χ4v) is 2.85. The second kappa shape index (κ2) is 5.54. The molecule has 20 heavy (non-hydrogen) atoms. The molecule has 0 aliphatic heterocycles. The number of hydrogen-bond donors (Lipinski definition) is 1. The molecule has 3 rings (SSSR count). The third-order valence-electron chi connectivity index (χ3n) is 3.51. The van der Waals surface area contributed by atoms with E-state index in [0.29, 0.717) is 0 Å². The minimum Gasteiger partial charge on any atom is -0.322 e. The molecule has 1 heterocycles. The van der Waals surface area contributed by atoms with E-state index in [2.05, 4.69) is 64.1 Å². The van der Waals surface area contributed by atoms with E-state index in [9.17, 15) is 0 Å².